The van der Waals surface area contributed by atoms with Crippen LogP contribution in [-0.2, 0) is 0 Å². The highest BCUT2D eigenvalue weighted by Crippen LogP contribution is 2.45. The maximum atomic E-state index is 12.5. The number of rotatable bonds is 5. The molecule has 0 saturated heterocycles. The van der Waals surface area contributed by atoms with Crippen LogP contribution >= 0.6 is 23.2 Å². The minimum Gasteiger partial charge on any atom is -0.204 e. The van der Waals surface area contributed by atoms with Crippen LogP contribution in [-0.4, -0.2) is 29.0 Å². The van der Waals surface area contributed by atoms with Gasteiger partial charge < -0.3 is 0 Å². The predicted octanol–water partition coefficient (Wildman–Crippen LogP) is 4.35. The normalized spacial score (nSPS) is 16.7. The summed E-state index contributed by atoms with van der Waals surface area (Å²) in [5, 5.41) is -8.42. The topological polar surface area (TPSA) is 0 Å². The van der Waals surface area contributed by atoms with Gasteiger partial charge in [0.25, 0.3) is 0 Å². The summed E-state index contributed by atoms with van der Waals surface area (Å²) in [5.41, 5.74) is 0. The van der Waals surface area contributed by atoms with E-state index >= 15 is 0 Å². The predicted molar refractivity (Wildman–Crippen MR) is 41.0 cm³/mol. The Hall–Kier alpha value is 0.0200. The van der Waals surface area contributed by atoms with Crippen molar-refractivity contribution in [2.45, 2.75) is 35.5 Å². The molecule has 0 spiro atoms. The standard InChI is InChI=1S/C6H4Cl2F8/c7-2(1-4(11,12)3(9)10)5(13,14)6(8,15)16/h2-3H,1H2. The third kappa shape index (κ3) is 3.51. The first-order chi connectivity index (χ1) is 6.82. The molecule has 0 aliphatic heterocycles. The van der Waals surface area contributed by atoms with Gasteiger partial charge in [-0.3, -0.25) is 0 Å². The summed E-state index contributed by atoms with van der Waals surface area (Å²) in [4.78, 5) is 0. The fraction of sp³-hybridized carbons (Fsp3) is 1.00. The van der Waals surface area contributed by atoms with Gasteiger partial charge in [0.2, 0.25) is 0 Å². The number of hydrogen-bond acceptors (Lipinski definition) is 0. The van der Waals surface area contributed by atoms with Crippen molar-refractivity contribution in [1.82, 2.24) is 0 Å². The monoisotopic (exact) mass is 298 g/mol. The van der Waals surface area contributed by atoms with E-state index in [2.05, 4.69) is 23.2 Å². The Bertz CT molecular complexity index is 235. The molecule has 0 radical (unpaired) electrons. The Morgan fingerprint density at radius 2 is 1.31 bits per heavy atom. The highest BCUT2D eigenvalue weighted by Gasteiger charge is 2.62. The van der Waals surface area contributed by atoms with E-state index in [1.807, 2.05) is 0 Å². The molecule has 0 aliphatic rings. The Morgan fingerprint density at radius 1 is 0.938 bits per heavy atom. The van der Waals surface area contributed by atoms with Crippen molar-refractivity contribution in [2.75, 3.05) is 0 Å². The van der Waals surface area contributed by atoms with Crippen LogP contribution in [0.25, 0.3) is 0 Å². The molecule has 98 valence electrons. The molecule has 0 amide bonds. The maximum absolute atomic E-state index is 12.5. The van der Waals surface area contributed by atoms with Gasteiger partial charge in [0, 0.05) is 6.42 Å². The van der Waals surface area contributed by atoms with Gasteiger partial charge in [-0.25, -0.2) is 17.6 Å². The van der Waals surface area contributed by atoms with Crippen LogP contribution in [0.15, 0.2) is 0 Å². The molecule has 0 fully saturated rings. The first-order valence-corrected chi connectivity index (χ1v) is 4.38. The van der Waals surface area contributed by atoms with Crippen LogP contribution in [0.4, 0.5) is 35.1 Å². The minimum atomic E-state index is -5.23. The van der Waals surface area contributed by atoms with Gasteiger partial charge in [-0.15, -0.1) is 11.6 Å². The lowest BCUT2D eigenvalue weighted by atomic mass is 10.1. The van der Waals surface area contributed by atoms with Crippen LogP contribution in [0.5, 0.6) is 0 Å². The van der Waals surface area contributed by atoms with Crippen LogP contribution < -0.4 is 0 Å². The molecule has 0 aliphatic carbocycles. The fourth-order valence-corrected chi connectivity index (χ4v) is 1.16. The fourth-order valence-electron chi connectivity index (χ4n) is 0.634. The van der Waals surface area contributed by atoms with Gasteiger partial charge >= 0.3 is 23.7 Å². The highest BCUT2D eigenvalue weighted by molar-refractivity contribution is 6.25. The Morgan fingerprint density at radius 3 is 1.56 bits per heavy atom. The van der Waals surface area contributed by atoms with Crippen molar-refractivity contribution < 1.29 is 35.1 Å². The second-order valence-electron chi connectivity index (χ2n) is 2.85. The largest absolute Gasteiger partial charge is 0.385 e. The number of hydrogen-bond donors (Lipinski definition) is 0. The van der Waals surface area contributed by atoms with Crippen LogP contribution in [0.3, 0.4) is 0 Å². The molecule has 0 aromatic carbocycles. The van der Waals surface area contributed by atoms with Crippen molar-refractivity contribution in [3.8, 4) is 0 Å². The molecular weight excluding hydrogens is 295 g/mol. The summed E-state index contributed by atoms with van der Waals surface area (Å²) in [6.45, 7) is 0. The summed E-state index contributed by atoms with van der Waals surface area (Å²) >= 11 is 8.49. The molecule has 0 nitrogen and oxygen atoms in total. The molecule has 0 rings (SSSR count). The molecule has 1 atom stereocenters. The van der Waals surface area contributed by atoms with Crippen molar-refractivity contribution >= 4 is 23.2 Å². The molecule has 0 heterocycles. The van der Waals surface area contributed by atoms with Crippen LogP contribution in [0.1, 0.15) is 6.42 Å². The van der Waals surface area contributed by atoms with Gasteiger partial charge in [-0.05, 0) is 11.6 Å². The lowest BCUT2D eigenvalue weighted by Crippen LogP contribution is -2.47. The first-order valence-electron chi connectivity index (χ1n) is 3.57. The average Bonchev–Trinajstić information content (AvgIpc) is 2.00. The second kappa shape index (κ2) is 4.72. The third-order valence-corrected chi connectivity index (χ3v) is 2.22. The Kier molecular flexibility index (Phi) is 4.72. The van der Waals surface area contributed by atoms with Gasteiger partial charge in [0.15, 0.2) is 0 Å². The zero-order chi connectivity index (χ0) is 13.4. The van der Waals surface area contributed by atoms with Crippen molar-refractivity contribution in [1.29, 1.82) is 0 Å². The number of halogens is 10. The lowest BCUT2D eigenvalue weighted by Gasteiger charge is -2.27. The van der Waals surface area contributed by atoms with E-state index in [0.29, 0.717) is 0 Å². The number of alkyl halides is 10. The zero-order valence-corrected chi connectivity index (χ0v) is 8.65. The molecule has 0 aromatic heterocycles. The average molecular weight is 299 g/mol. The molecular formula is C6H4Cl2F8. The summed E-state index contributed by atoms with van der Waals surface area (Å²) in [5.74, 6) is -10.1. The van der Waals surface area contributed by atoms with Gasteiger partial charge in [0.1, 0.15) is 5.38 Å². The van der Waals surface area contributed by atoms with Crippen LogP contribution in [0.2, 0.25) is 0 Å². The quantitative estimate of drug-likeness (QED) is 0.523. The summed E-state index contributed by atoms with van der Waals surface area (Å²) in [6, 6.07) is 0. The van der Waals surface area contributed by atoms with E-state index in [0.717, 1.165) is 0 Å². The molecule has 10 heteroatoms. The van der Waals surface area contributed by atoms with Gasteiger partial charge in [0.05, 0.1) is 0 Å². The van der Waals surface area contributed by atoms with E-state index < -0.39 is 35.5 Å². The molecule has 0 bridgehead atoms. The SMILES string of the molecule is FC(F)C(F)(F)CC(Cl)C(F)(F)C(F)(F)Cl. The molecule has 0 aromatic rings. The third-order valence-electron chi connectivity index (χ3n) is 1.54. The van der Waals surface area contributed by atoms with Crippen molar-refractivity contribution in [2.24, 2.45) is 0 Å². The van der Waals surface area contributed by atoms with E-state index in [-0.39, 0.29) is 0 Å². The molecule has 16 heavy (non-hydrogen) atoms. The van der Waals surface area contributed by atoms with E-state index in [9.17, 15) is 35.1 Å². The van der Waals surface area contributed by atoms with Gasteiger partial charge in [-0.1, -0.05) is 0 Å². The van der Waals surface area contributed by atoms with Gasteiger partial charge in [-0.2, -0.15) is 17.6 Å². The minimum absolute atomic E-state index is 2.32. The molecule has 0 N–H and O–H groups in total. The van der Waals surface area contributed by atoms with Crippen LogP contribution in [0, 0.1) is 0 Å². The van der Waals surface area contributed by atoms with E-state index in [1.165, 1.54) is 0 Å². The van der Waals surface area contributed by atoms with Crippen molar-refractivity contribution in [3.63, 3.8) is 0 Å². The Balaban J connectivity index is 4.78. The molecule has 0 saturated carbocycles. The highest BCUT2D eigenvalue weighted by atomic mass is 35.5. The van der Waals surface area contributed by atoms with E-state index in [4.69, 9.17) is 0 Å². The van der Waals surface area contributed by atoms with E-state index in [1.54, 1.807) is 0 Å². The molecule has 1 unspecified atom stereocenters. The lowest BCUT2D eigenvalue weighted by molar-refractivity contribution is -0.184. The first kappa shape index (κ1) is 16.0. The Labute approximate surface area is 94.5 Å². The summed E-state index contributed by atoms with van der Waals surface area (Å²) < 4.78 is 96.8. The smallest absolute Gasteiger partial charge is 0.204 e. The summed E-state index contributed by atoms with van der Waals surface area (Å²) in [6.07, 6.45) is -6.60. The van der Waals surface area contributed by atoms with Crippen molar-refractivity contribution in [3.05, 3.63) is 0 Å². The second-order valence-corrected chi connectivity index (χ2v) is 3.86. The maximum Gasteiger partial charge on any atom is 0.385 e. The zero-order valence-electron chi connectivity index (χ0n) is 7.14. The summed E-state index contributed by atoms with van der Waals surface area (Å²) in [7, 11) is 0.